The Morgan fingerprint density at radius 2 is 2.00 bits per heavy atom. The summed E-state index contributed by atoms with van der Waals surface area (Å²) in [6.45, 7) is 3.88. The molecule has 0 bridgehead atoms. The molecule has 3 rings (SSSR count). The summed E-state index contributed by atoms with van der Waals surface area (Å²) in [7, 11) is 0. The predicted octanol–water partition coefficient (Wildman–Crippen LogP) is 2.81. The van der Waals surface area contributed by atoms with Crippen LogP contribution in [0.25, 0.3) is 22.2 Å². The molecule has 0 aliphatic rings. The molecule has 0 saturated heterocycles. The molecule has 112 valence electrons. The highest BCUT2D eigenvalue weighted by atomic mass is 16.5. The van der Waals surface area contributed by atoms with Crippen LogP contribution in [0.2, 0.25) is 0 Å². The quantitative estimate of drug-likeness (QED) is 0.805. The van der Waals surface area contributed by atoms with Gasteiger partial charge in [-0.25, -0.2) is 9.78 Å². The van der Waals surface area contributed by atoms with E-state index in [0.29, 0.717) is 17.1 Å². The number of carbonyl (C=O) groups is 1. The number of para-hydroxylation sites is 1. The van der Waals surface area contributed by atoms with Crippen LogP contribution in [0.4, 0.5) is 4.79 Å². The zero-order valence-corrected chi connectivity index (χ0v) is 12.4. The van der Waals surface area contributed by atoms with Crippen molar-refractivity contribution in [1.29, 1.82) is 0 Å². The normalized spacial score (nSPS) is 11.0. The van der Waals surface area contributed by atoms with Gasteiger partial charge in [-0.3, -0.25) is 0 Å². The number of primary amides is 1. The number of fused-ring (bicyclic) bond motifs is 1. The van der Waals surface area contributed by atoms with E-state index >= 15 is 0 Å². The van der Waals surface area contributed by atoms with Crippen LogP contribution < -0.4 is 10.5 Å². The average Bonchev–Trinajstić information content (AvgIpc) is 2.87. The van der Waals surface area contributed by atoms with Crippen molar-refractivity contribution in [1.82, 2.24) is 14.8 Å². The highest BCUT2D eigenvalue weighted by molar-refractivity contribution is 5.98. The van der Waals surface area contributed by atoms with Gasteiger partial charge in [0.1, 0.15) is 5.69 Å². The maximum absolute atomic E-state index is 11.5. The lowest BCUT2D eigenvalue weighted by Gasteiger charge is -2.08. The van der Waals surface area contributed by atoms with Gasteiger partial charge in [-0.05, 0) is 26.0 Å². The number of nitrogens with two attached hydrogens (primary N) is 1. The van der Waals surface area contributed by atoms with E-state index in [0.717, 1.165) is 10.9 Å². The largest absolute Gasteiger partial charge is 0.475 e. The number of hydrogen-bond donors (Lipinski definition) is 1. The maximum atomic E-state index is 11.5. The molecule has 0 atom stereocenters. The molecule has 6 heteroatoms. The van der Waals surface area contributed by atoms with Gasteiger partial charge in [-0.15, -0.1) is 0 Å². The number of aromatic nitrogens is 3. The topological polar surface area (TPSA) is 83.0 Å². The van der Waals surface area contributed by atoms with Gasteiger partial charge in [0.2, 0.25) is 5.88 Å². The Morgan fingerprint density at radius 1 is 1.23 bits per heavy atom. The number of benzene rings is 1. The molecule has 0 unspecified atom stereocenters. The zero-order valence-electron chi connectivity index (χ0n) is 12.4. The van der Waals surface area contributed by atoms with Crippen LogP contribution in [0.1, 0.15) is 13.8 Å². The van der Waals surface area contributed by atoms with Gasteiger partial charge < -0.3 is 10.5 Å². The molecule has 0 radical (unpaired) electrons. The first-order chi connectivity index (χ1) is 10.6. The van der Waals surface area contributed by atoms with Crippen molar-refractivity contribution < 1.29 is 9.53 Å². The summed E-state index contributed by atoms with van der Waals surface area (Å²) in [4.78, 5) is 15.8. The summed E-state index contributed by atoms with van der Waals surface area (Å²) in [6.07, 6.45) is 1.74. The highest BCUT2D eigenvalue weighted by Crippen LogP contribution is 2.28. The third-order valence-corrected chi connectivity index (χ3v) is 3.16. The Hall–Kier alpha value is -2.89. The van der Waals surface area contributed by atoms with Crippen LogP contribution in [-0.4, -0.2) is 26.9 Å². The minimum absolute atomic E-state index is 0.0632. The molecule has 2 aromatic heterocycles. The third-order valence-electron chi connectivity index (χ3n) is 3.16. The highest BCUT2D eigenvalue weighted by Gasteiger charge is 2.15. The smallest absolute Gasteiger partial charge is 0.340 e. The number of rotatable bonds is 3. The van der Waals surface area contributed by atoms with E-state index in [4.69, 9.17) is 10.5 Å². The van der Waals surface area contributed by atoms with Gasteiger partial charge in [-0.2, -0.15) is 9.78 Å². The summed E-state index contributed by atoms with van der Waals surface area (Å²) in [5.41, 5.74) is 7.51. The van der Waals surface area contributed by atoms with Crippen molar-refractivity contribution in [3.8, 4) is 17.1 Å². The first-order valence-electron chi connectivity index (χ1n) is 6.97. The Morgan fingerprint density at radius 3 is 2.64 bits per heavy atom. The summed E-state index contributed by atoms with van der Waals surface area (Å²) in [5, 5.41) is 5.16. The van der Waals surface area contributed by atoms with Crippen molar-refractivity contribution in [3.05, 3.63) is 42.6 Å². The number of nitrogens with zero attached hydrogens (tertiary/aromatic N) is 3. The molecule has 6 nitrogen and oxygen atoms in total. The first kappa shape index (κ1) is 14.1. The Bertz CT molecular complexity index is 822. The first-order valence-corrected chi connectivity index (χ1v) is 6.97. The molecule has 1 amide bonds. The van der Waals surface area contributed by atoms with Crippen molar-refractivity contribution in [2.75, 3.05) is 0 Å². The van der Waals surface area contributed by atoms with Crippen molar-refractivity contribution in [3.63, 3.8) is 0 Å². The fourth-order valence-electron chi connectivity index (χ4n) is 2.28. The van der Waals surface area contributed by atoms with Gasteiger partial charge in [0.05, 0.1) is 11.6 Å². The summed E-state index contributed by atoms with van der Waals surface area (Å²) >= 11 is 0. The summed E-state index contributed by atoms with van der Waals surface area (Å²) in [5.74, 6) is 0.553. The second-order valence-corrected chi connectivity index (χ2v) is 5.17. The average molecular weight is 296 g/mol. The maximum Gasteiger partial charge on any atom is 0.340 e. The van der Waals surface area contributed by atoms with Crippen LogP contribution in [0.5, 0.6) is 5.88 Å². The van der Waals surface area contributed by atoms with Crippen LogP contribution >= 0.6 is 0 Å². The number of pyridine rings is 1. The van der Waals surface area contributed by atoms with E-state index in [1.165, 1.54) is 4.68 Å². The van der Waals surface area contributed by atoms with Gasteiger partial charge in [0.15, 0.2) is 0 Å². The van der Waals surface area contributed by atoms with E-state index in [1.54, 1.807) is 18.3 Å². The molecule has 0 spiro atoms. The predicted molar refractivity (Wildman–Crippen MR) is 83.7 cm³/mol. The molecule has 0 aliphatic heterocycles. The minimum Gasteiger partial charge on any atom is -0.475 e. The number of ether oxygens (including phenoxy) is 1. The lowest BCUT2D eigenvalue weighted by atomic mass is 10.1. The molecule has 0 saturated carbocycles. The summed E-state index contributed by atoms with van der Waals surface area (Å²) < 4.78 is 6.72. The number of hydrogen-bond acceptors (Lipinski definition) is 4. The molecule has 2 heterocycles. The molecule has 0 fully saturated rings. The molecular weight excluding hydrogens is 280 g/mol. The van der Waals surface area contributed by atoms with Crippen molar-refractivity contribution >= 4 is 16.9 Å². The lowest BCUT2D eigenvalue weighted by molar-refractivity contribution is 0.232. The molecule has 1 aromatic carbocycles. The van der Waals surface area contributed by atoms with Crippen molar-refractivity contribution in [2.45, 2.75) is 20.0 Å². The SMILES string of the molecule is CC(C)Oc1ccc(-c2nn(C(N)=O)c3ccccc23)cn1. The fraction of sp³-hybridized carbons (Fsp3) is 0.188. The van der Waals surface area contributed by atoms with Gasteiger partial charge >= 0.3 is 6.03 Å². The van der Waals surface area contributed by atoms with E-state index in [1.807, 2.05) is 38.1 Å². The van der Waals surface area contributed by atoms with Crippen LogP contribution in [0.3, 0.4) is 0 Å². The third kappa shape index (κ3) is 2.50. The van der Waals surface area contributed by atoms with Crippen LogP contribution in [0, 0.1) is 0 Å². The standard InChI is InChI=1S/C16H16N4O2/c1-10(2)22-14-8-7-11(9-18-14)15-12-5-3-4-6-13(12)20(19-15)16(17)21/h3-10H,1-2H3,(H2,17,21). The second kappa shape index (κ2) is 5.48. The fourth-order valence-corrected chi connectivity index (χ4v) is 2.28. The Kier molecular flexibility index (Phi) is 3.50. The van der Waals surface area contributed by atoms with Gasteiger partial charge in [-0.1, -0.05) is 18.2 Å². The van der Waals surface area contributed by atoms with Gasteiger partial charge in [0.25, 0.3) is 0 Å². The monoisotopic (exact) mass is 296 g/mol. The van der Waals surface area contributed by atoms with Gasteiger partial charge in [0, 0.05) is 23.2 Å². The van der Waals surface area contributed by atoms with E-state index < -0.39 is 6.03 Å². The molecule has 0 aliphatic carbocycles. The van der Waals surface area contributed by atoms with E-state index in [9.17, 15) is 4.79 Å². The Labute approximate surface area is 127 Å². The zero-order chi connectivity index (χ0) is 15.7. The molecular formula is C16H16N4O2. The number of amides is 1. The van der Waals surface area contributed by atoms with E-state index in [-0.39, 0.29) is 6.10 Å². The van der Waals surface area contributed by atoms with E-state index in [2.05, 4.69) is 10.1 Å². The lowest BCUT2D eigenvalue weighted by Crippen LogP contribution is -2.20. The number of carbonyl (C=O) groups excluding carboxylic acids is 1. The molecule has 22 heavy (non-hydrogen) atoms. The molecule has 3 aromatic rings. The Balaban J connectivity index is 2.08. The second-order valence-electron chi connectivity index (χ2n) is 5.17. The summed E-state index contributed by atoms with van der Waals surface area (Å²) in [6, 6.07) is 10.5. The van der Waals surface area contributed by atoms with Crippen molar-refractivity contribution in [2.24, 2.45) is 5.73 Å². The van der Waals surface area contributed by atoms with Crippen LogP contribution in [0.15, 0.2) is 42.6 Å². The van der Waals surface area contributed by atoms with Crippen LogP contribution in [-0.2, 0) is 0 Å². The molecule has 2 N–H and O–H groups in total. The minimum atomic E-state index is -0.616.